The summed E-state index contributed by atoms with van der Waals surface area (Å²) >= 11 is 3.74. The Kier molecular flexibility index (Phi) is 3.65. The van der Waals surface area contributed by atoms with Gasteiger partial charge in [-0.15, -0.1) is 0 Å². The van der Waals surface area contributed by atoms with Crippen molar-refractivity contribution >= 4 is 21.6 Å². The normalized spacial score (nSPS) is 19.7. The Balaban J connectivity index is 1.91. The van der Waals surface area contributed by atoms with Gasteiger partial charge in [0.15, 0.2) is 0 Å². The monoisotopic (exact) mass is 318 g/mol. The summed E-state index contributed by atoms with van der Waals surface area (Å²) in [5.41, 5.74) is 2.52. The van der Waals surface area contributed by atoms with Crippen LogP contribution in [0.15, 0.2) is 47.2 Å². The second kappa shape index (κ2) is 5.41. The molecule has 3 heteroatoms. The van der Waals surface area contributed by atoms with Gasteiger partial charge in [0.25, 0.3) is 0 Å². The molecule has 0 radical (unpaired) electrons. The Morgan fingerprint density at radius 1 is 1.16 bits per heavy atom. The van der Waals surface area contributed by atoms with Crippen LogP contribution in [-0.4, -0.2) is 17.2 Å². The largest absolute Gasteiger partial charge is 0.368 e. The molecule has 19 heavy (non-hydrogen) atoms. The minimum Gasteiger partial charge on any atom is -0.368 e. The van der Waals surface area contributed by atoms with Gasteiger partial charge >= 0.3 is 0 Å². The molecule has 1 aliphatic heterocycles. The summed E-state index contributed by atoms with van der Waals surface area (Å²) in [5, 5.41) is 0. The van der Waals surface area contributed by atoms with Gasteiger partial charge in [-0.25, -0.2) is 0 Å². The molecule has 0 aliphatic carbocycles. The molecular formula is C16H19BrN2. The van der Waals surface area contributed by atoms with E-state index in [1.54, 1.807) is 0 Å². The molecular weight excluding hydrogens is 300 g/mol. The maximum Gasteiger partial charge on any atom is 0.0514 e. The Morgan fingerprint density at radius 2 is 1.95 bits per heavy atom. The lowest BCUT2D eigenvalue weighted by Gasteiger charge is -2.36. The zero-order chi connectivity index (χ0) is 13.2. The van der Waals surface area contributed by atoms with Gasteiger partial charge < -0.3 is 9.47 Å². The maximum atomic E-state index is 3.74. The minimum atomic E-state index is 0.641. The fourth-order valence-electron chi connectivity index (χ4n) is 2.85. The van der Waals surface area contributed by atoms with E-state index in [9.17, 15) is 0 Å². The molecule has 2 aromatic rings. The Labute approximate surface area is 123 Å². The summed E-state index contributed by atoms with van der Waals surface area (Å²) in [6.07, 6.45) is 8.11. The van der Waals surface area contributed by atoms with Crippen LogP contribution in [0.3, 0.4) is 0 Å². The Bertz CT molecular complexity index is 548. The van der Waals surface area contributed by atoms with Gasteiger partial charge in [0.05, 0.1) is 5.69 Å². The van der Waals surface area contributed by atoms with Gasteiger partial charge in [-0.3, -0.25) is 0 Å². The quantitative estimate of drug-likeness (QED) is 0.784. The molecule has 2 nitrogen and oxygen atoms in total. The summed E-state index contributed by atoms with van der Waals surface area (Å²) < 4.78 is 3.32. The van der Waals surface area contributed by atoms with E-state index >= 15 is 0 Å². The molecule has 1 aromatic heterocycles. The van der Waals surface area contributed by atoms with E-state index in [1.807, 2.05) is 0 Å². The first-order valence-corrected chi connectivity index (χ1v) is 7.74. The second-order valence-corrected chi connectivity index (χ2v) is 6.12. The predicted molar refractivity (Wildman–Crippen MR) is 84.1 cm³/mol. The van der Waals surface area contributed by atoms with Crippen molar-refractivity contribution < 1.29 is 0 Å². The van der Waals surface area contributed by atoms with Crippen molar-refractivity contribution in [2.75, 3.05) is 11.4 Å². The van der Waals surface area contributed by atoms with Crippen molar-refractivity contribution in [3.05, 3.63) is 47.2 Å². The average Bonchev–Trinajstić information content (AvgIpc) is 2.94. The number of halogens is 1. The molecule has 1 saturated heterocycles. The maximum absolute atomic E-state index is 3.74. The first kappa shape index (κ1) is 12.8. The van der Waals surface area contributed by atoms with E-state index < -0.39 is 0 Å². The fourth-order valence-corrected chi connectivity index (χ4v) is 3.45. The van der Waals surface area contributed by atoms with Crippen LogP contribution in [-0.2, 0) is 0 Å². The van der Waals surface area contributed by atoms with Crippen molar-refractivity contribution in [2.45, 2.75) is 32.2 Å². The van der Waals surface area contributed by atoms with Crippen molar-refractivity contribution in [1.82, 2.24) is 4.57 Å². The number of rotatable bonds is 2. The average molecular weight is 319 g/mol. The molecule has 1 aliphatic rings. The first-order chi connectivity index (χ1) is 9.25. The molecule has 1 fully saturated rings. The topological polar surface area (TPSA) is 8.17 Å². The van der Waals surface area contributed by atoms with E-state index in [1.165, 1.54) is 41.7 Å². The molecule has 0 unspecified atom stereocenters. The second-order valence-electron chi connectivity index (χ2n) is 5.26. The van der Waals surface area contributed by atoms with Crippen LogP contribution in [0.1, 0.15) is 26.2 Å². The highest BCUT2D eigenvalue weighted by molar-refractivity contribution is 9.10. The number of benzene rings is 1. The van der Waals surface area contributed by atoms with E-state index in [0.717, 1.165) is 0 Å². The Morgan fingerprint density at radius 3 is 2.63 bits per heavy atom. The van der Waals surface area contributed by atoms with Crippen LogP contribution in [0.2, 0.25) is 0 Å². The lowest BCUT2D eigenvalue weighted by atomic mass is 10.0. The number of piperidine rings is 1. The van der Waals surface area contributed by atoms with Gasteiger partial charge in [0, 0.05) is 35.1 Å². The van der Waals surface area contributed by atoms with Gasteiger partial charge in [0.2, 0.25) is 0 Å². The molecule has 0 bridgehead atoms. The lowest BCUT2D eigenvalue weighted by Crippen LogP contribution is -2.37. The molecule has 3 rings (SSSR count). The van der Waals surface area contributed by atoms with Crippen molar-refractivity contribution in [3.8, 4) is 5.69 Å². The van der Waals surface area contributed by atoms with Crippen LogP contribution >= 0.6 is 15.9 Å². The molecule has 0 spiro atoms. The summed E-state index contributed by atoms with van der Waals surface area (Å²) in [6, 6.07) is 11.4. The molecule has 0 N–H and O–H groups in total. The number of nitrogens with zero attached hydrogens (tertiary/aromatic N) is 2. The molecule has 1 atom stereocenters. The smallest absolute Gasteiger partial charge is 0.0514 e. The van der Waals surface area contributed by atoms with Crippen molar-refractivity contribution in [3.63, 3.8) is 0 Å². The minimum absolute atomic E-state index is 0.641. The van der Waals surface area contributed by atoms with E-state index in [4.69, 9.17) is 0 Å². The zero-order valence-electron chi connectivity index (χ0n) is 11.2. The molecule has 0 saturated carbocycles. The summed E-state index contributed by atoms with van der Waals surface area (Å²) in [5.74, 6) is 0. The van der Waals surface area contributed by atoms with E-state index in [-0.39, 0.29) is 0 Å². The number of hydrogen-bond donors (Lipinski definition) is 0. The number of aromatic nitrogens is 1. The first-order valence-electron chi connectivity index (χ1n) is 6.95. The fraction of sp³-hybridized carbons (Fsp3) is 0.375. The summed E-state index contributed by atoms with van der Waals surface area (Å²) in [6.45, 7) is 3.49. The predicted octanol–water partition coefficient (Wildman–Crippen LogP) is 4.62. The van der Waals surface area contributed by atoms with Gasteiger partial charge in [-0.2, -0.15) is 0 Å². The highest BCUT2D eigenvalue weighted by Gasteiger charge is 2.20. The lowest BCUT2D eigenvalue weighted by molar-refractivity contribution is 0.484. The van der Waals surface area contributed by atoms with E-state index in [0.29, 0.717) is 6.04 Å². The summed E-state index contributed by atoms with van der Waals surface area (Å²) in [7, 11) is 0. The van der Waals surface area contributed by atoms with Crippen molar-refractivity contribution in [2.24, 2.45) is 0 Å². The van der Waals surface area contributed by atoms with Crippen LogP contribution in [0.5, 0.6) is 0 Å². The molecule has 1 aromatic carbocycles. The third-order valence-electron chi connectivity index (χ3n) is 3.95. The number of hydrogen-bond acceptors (Lipinski definition) is 1. The SMILES string of the molecule is C[C@H]1CCCCN1c1ccc(-n2cccc2)cc1Br. The highest BCUT2D eigenvalue weighted by Crippen LogP contribution is 2.32. The van der Waals surface area contributed by atoms with Gasteiger partial charge in [0.1, 0.15) is 0 Å². The standard InChI is InChI=1S/C16H19BrN2/c1-13-6-2-3-11-19(13)16-8-7-14(12-15(16)17)18-9-4-5-10-18/h4-5,7-10,12-13H,2-3,6,11H2,1H3/t13-/m0/s1. The molecule has 2 heterocycles. The zero-order valence-corrected chi connectivity index (χ0v) is 12.8. The van der Waals surface area contributed by atoms with Gasteiger partial charge in [-0.05, 0) is 72.4 Å². The van der Waals surface area contributed by atoms with Crippen LogP contribution in [0.25, 0.3) is 5.69 Å². The molecule has 100 valence electrons. The van der Waals surface area contributed by atoms with Crippen LogP contribution in [0, 0.1) is 0 Å². The van der Waals surface area contributed by atoms with Gasteiger partial charge in [-0.1, -0.05) is 0 Å². The van der Waals surface area contributed by atoms with E-state index in [2.05, 4.69) is 75.0 Å². The summed E-state index contributed by atoms with van der Waals surface area (Å²) in [4.78, 5) is 2.52. The molecule has 0 amide bonds. The Hall–Kier alpha value is -1.22. The van der Waals surface area contributed by atoms with Crippen LogP contribution in [0.4, 0.5) is 5.69 Å². The van der Waals surface area contributed by atoms with Crippen molar-refractivity contribution in [1.29, 1.82) is 0 Å². The number of anilines is 1. The highest BCUT2D eigenvalue weighted by atomic mass is 79.9. The third kappa shape index (κ3) is 2.57. The van der Waals surface area contributed by atoms with Crippen LogP contribution < -0.4 is 4.90 Å². The third-order valence-corrected chi connectivity index (χ3v) is 4.58.